The molecule has 2 fully saturated rings. The van der Waals surface area contributed by atoms with Gasteiger partial charge in [0.2, 0.25) is 6.29 Å². The quantitative estimate of drug-likeness (QED) is 0.0334. The van der Waals surface area contributed by atoms with Gasteiger partial charge in [-0.05, 0) is 79.0 Å². The smallest absolute Gasteiger partial charge is 0.335 e. The number of aromatic nitrogens is 8. The van der Waals surface area contributed by atoms with Crippen molar-refractivity contribution in [3.8, 4) is 22.3 Å². The van der Waals surface area contributed by atoms with Crippen LogP contribution in [0.3, 0.4) is 0 Å². The van der Waals surface area contributed by atoms with Crippen LogP contribution in [0.25, 0.3) is 33.3 Å². The van der Waals surface area contributed by atoms with Crippen molar-refractivity contribution < 1.29 is 69.0 Å². The molecular weight excluding hydrogens is 981 g/mol. The van der Waals surface area contributed by atoms with Gasteiger partial charge in [0.05, 0.1) is 37.3 Å². The minimum absolute atomic E-state index is 0.0868. The van der Waals surface area contributed by atoms with E-state index < -0.39 is 67.4 Å². The Bertz CT molecular complexity index is 2880. The fourth-order valence-electron chi connectivity index (χ4n) is 10.5. The molecule has 0 amide bonds. The number of aliphatic hydroxyl groups excluding tert-OH is 6. The second kappa shape index (κ2) is 23.5. The van der Waals surface area contributed by atoms with Crippen molar-refractivity contribution in [3.05, 3.63) is 94.6 Å². The van der Waals surface area contributed by atoms with Crippen molar-refractivity contribution >= 4 is 35.2 Å². The molecule has 0 spiro atoms. The van der Waals surface area contributed by atoms with Crippen molar-refractivity contribution in [1.29, 1.82) is 0 Å². The molecule has 396 valence electrons. The standard InChI is InChI=1S/C51H62N8O14S/c1-28-11-14-34-35-16-13-30(33-15-12-29(2)38-39(33)55-74-54-38)22-37(35)51(36(34)21-28,17-7-3-5-9-19-69-25-31-23-58(56-52-31)47-43(64)40(61)42(63)46(72-47)49(67)68)18-8-4-6-10-20-70-26-32-24-59(57-53-32)48-44(65)41(62)45(66)50(73-48)71-27-60/h11-16,21-24,27,40-48,50,61-66H,3-10,17-20,25-26H2,1-2H3,(H,67,68). The lowest BCUT2D eigenvalue weighted by atomic mass is 9.70. The molecule has 11 atom stereocenters. The number of hydrogen-bond donors (Lipinski definition) is 7. The summed E-state index contributed by atoms with van der Waals surface area (Å²) in [5, 5.41) is 87.1. The van der Waals surface area contributed by atoms with Gasteiger partial charge in [0.25, 0.3) is 6.47 Å². The van der Waals surface area contributed by atoms with Gasteiger partial charge >= 0.3 is 5.97 Å². The molecule has 6 aromatic rings. The third-order valence-corrected chi connectivity index (χ3v) is 15.0. The first-order chi connectivity index (χ1) is 35.8. The number of fused-ring (bicyclic) bond motifs is 4. The van der Waals surface area contributed by atoms with E-state index >= 15 is 0 Å². The molecule has 7 N–H and O–H groups in total. The van der Waals surface area contributed by atoms with E-state index in [2.05, 4.69) is 87.4 Å². The molecule has 3 aromatic carbocycles. The maximum absolute atomic E-state index is 11.6. The molecule has 3 aliphatic rings. The molecule has 0 radical (unpaired) electrons. The van der Waals surface area contributed by atoms with Gasteiger partial charge in [0, 0.05) is 24.2 Å². The molecule has 11 unspecified atom stereocenters. The molecule has 9 rings (SSSR count). The van der Waals surface area contributed by atoms with Crippen molar-refractivity contribution in [2.45, 2.75) is 158 Å². The highest BCUT2D eigenvalue weighted by molar-refractivity contribution is 7.00. The molecule has 1 aliphatic carbocycles. The maximum Gasteiger partial charge on any atom is 0.335 e. The molecule has 2 saturated heterocycles. The number of carbonyl (C=O) groups is 2. The van der Waals surface area contributed by atoms with Crippen molar-refractivity contribution in [2.24, 2.45) is 0 Å². The normalized spacial score (nSPS) is 26.5. The first-order valence-corrected chi connectivity index (χ1v) is 25.7. The number of carboxylic acids is 1. The molecule has 74 heavy (non-hydrogen) atoms. The van der Waals surface area contributed by atoms with E-state index in [0.717, 1.165) is 96.6 Å². The van der Waals surface area contributed by atoms with E-state index in [9.17, 15) is 45.3 Å². The van der Waals surface area contributed by atoms with Crippen molar-refractivity contribution in [1.82, 2.24) is 38.7 Å². The molecule has 23 heteroatoms. The third-order valence-electron chi connectivity index (χ3n) is 14.4. The topological polar surface area (TPSA) is 309 Å². The van der Waals surface area contributed by atoms with Crippen LogP contribution in [0, 0.1) is 13.8 Å². The van der Waals surface area contributed by atoms with Gasteiger partial charge in [-0.15, -0.1) is 10.2 Å². The minimum atomic E-state index is -1.81. The van der Waals surface area contributed by atoms with Gasteiger partial charge in [0.15, 0.2) is 18.6 Å². The van der Waals surface area contributed by atoms with Gasteiger partial charge in [-0.2, -0.15) is 8.75 Å². The third kappa shape index (κ3) is 11.0. The summed E-state index contributed by atoms with van der Waals surface area (Å²) in [4.78, 5) is 22.4. The predicted octanol–water partition coefficient (Wildman–Crippen LogP) is 3.93. The minimum Gasteiger partial charge on any atom is -0.479 e. The Kier molecular flexibility index (Phi) is 16.8. The van der Waals surface area contributed by atoms with Crippen LogP contribution in [-0.2, 0) is 51.9 Å². The number of carbonyl (C=O) groups excluding carboxylic acids is 1. The number of ether oxygens (including phenoxy) is 5. The lowest BCUT2D eigenvalue weighted by molar-refractivity contribution is -0.304. The van der Waals surface area contributed by atoms with Crippen LogP contribution >= 0.6 is 11.7 Å². The predicted molar refractivity (Wildman–Crippen MR) is 263 cm³/mol. The van der Waals surface area contributed by atoms with Crippen LogP contribution in [0.5, 0.6) is 0 Å². The van der Waals surface area contributed by atoms with E-state index in [0.29, 0.717) is 24.6 Å². The highest BCUT2D eigenvalue weighted by Gasteiger charge is 2.49. The number of aliphatic hydroxyl groups is 6. The zero-order valence-electron chi connectivity index (χ0n) is 41.0. The number of benzene rings is 3. The van der Waals surface area contributed by atoms with Gasteiger partial charge < -0.3 is 59.4 Å². The number of aliphatic carboxylic acids is 1. The van der Waals surface area contributed by atoms with Gasteiger partial charge in [-0.3, -0.25) is 4.79 Å². The number of carboxylic acid groups (broad SMARTS) is 1. The summed E-state index contributed by atoms with van der Waals surface area (Å²) in [5.41, 5.74) is 12.2. The summed E-state index contributed by atoms with van der Waals surface area (Å²) in [5.74, 6) is -1.48. The highest BCUT2D eigenvalue weighted by atomic mass is 32.1. The van der Waals surface area contributed by atoms with E-state index in [1.165, 1.54) is 56.6 Å². The molecule has 0 saturated carbocycles. The van der Waals surface area contributed by atoms with Gasteiger partial charge in [-0.1, -0.05) is 97.0 Å². The zero-order valence-corrected chi connectivity index (χ0v) is 41.8. The fraction of sp³-hybridized carbons (Fsp3) is 0.529. The summed E-state index contributed by atoms with van der Waals surface area (Å²) in [7, 11) is 0. The summed E-state index contributed by atoms with van der Waals surface area (Å²) in [6.07, 6.45) is -3.57. The molecular formula is C51H62N8O14S. The average molecular weight is 1040 g/mol. The van der Waals surface area contributed by atoms with Crippen LogP contribution < -0.4 is 0 Å². The second-order valence-corrected chi connectivity index (χ2v) is 20.0. The summed E-state index contributed by atoms with van der Waals surface area (Å²) in [6, 6.07) is 18.0. The van der Waals surface area contributed by atoms with E-state index in [-0.39, 0.29) is 25.1 Å². The summed E-state index contributed by atoms with van der Waals surface area (Å²) in [6.45, 7) is 5.53. The Hall–Kier alpha value is -5.70. The van der Waals surface area contributed by atoms with Gasteiger partial charge in [0.1, 0.15) is 59.0 Å². The first kappa shape index (κ1) is 53.1. The molecule has 3 aromatic heterocycles. The lowest BCUT2D eigenvalue weighted by Crippen LogP contribution is -2.57. The van der Waals surface area contributed by atoms with E-state index in [1.807, 2.05) is 0 Å². The van der Waals surface area contributed by atoms with Crippen LogP contribution in [0.4, 0.5) is 0 Å². The average Bonchev–Trinajstić information content (AvgIpc) is 4.24. The molecule has 2 aliphatic heterocycles. The Balaban J connectivity index is 0.817. The number of nitrogens with zero attached hydrogens (tertiary/aromatic N) is 8. The zero-order chi connectivity index (χ0) is 52.1. The molecule has 5 heterocycles. The largest absolute Gasteiger partial charge is 0.479 e. The van der Waals surface area contributed by atoms with E-state index in [1.54, 1.807) is 0 Å². The van der Waals surface area contributed by atoms with Crippen LogP contribution in [-0.4, -0.2) is 149 Å². The lowest BCUT2D eigenvalue weighted by Gasteiger charge is -2.38. The van der Waals surface area contributed by atoms with Gasteiger partial charge in [-0.25, -0.2) is 14.2 Å². The van der Waals surface area contributed by atoms with Crippen LogP contribution in [0.1, 0.15) is 110 Å². The first-order valence-electron chi connectivity index (χ1n) is 25.0. The summed E-state index contributed by atoms with van der Waals surface area (Å²) < 4.78 is 39.1. The van der Waals surface area contributed by atoms with Crippen molar-refractivity contribution in [3.63, 3.8) is 0 Å². The maximum atomic E-state index is 11.6. The van der Waals surface area contributed by atoms with Crippen LogP contribution in [0.2, 0.25) is 0 Å². The van der Waals surface area contributed by atoms with Crippen molar-refractivity contribution in [2.75, 3.05) is 13.2 Å². The number of unbranched alkanes of at least 4 members (excludes halogenated alkanes) is 6. The number of aryl methyl sites for hydroxylation is 2. The second-order valence-electron chi connectivity index (χ2n) is 19.5. The summed E-state index contributed by atoms with van der Waals surface area (Å²) >= 11 is 1.23. The SMILES string of the molecule is Cc1ccc2c(c1)C(CCCCCCOCc1cn(C3OC(OC=O)C(O)C(O)C3O)nn1)(CCCCCCOCc1cn(C3OC(C(=O)O)C(O)C(O)C3O)nn1)c1cc(-c3ccc(C)c4nsnc34)ccc1-2. The Morgan fingerprint density at radius 1 is 0.662 bits per heavy atom. The Labute approximate surface area is 429 Å². The Morgan fingerprint density at radius 3 is 1.84 bits per heavy atom. The number of rotatable bonds is 24. The highest BCUT2D eigenvalue weighted by Crippen LogP contribution is 2.55. The molecule has 0 bridgehead atoms. The van der Waals surface area contributed by atoms with E-state index in [4.69, 9.17) is 28.1 Å². The molecule has 22 nitrogen and oxygen atoms in total. The van der Waals surface area contributed by atoms with Crippen LogP contribution in [0.15, 0.2) is 60.9 Å². The number of hydrogen-bond acceptors (Lipinski definition) is 20. The fourth-order valence-corrected chi connectivity index (χ4v) is 11.1. The Morgan fingerprint density at radius 2 is 1.22 bits per heavy atom. The monoisotopic (exact) mass is 1040 g/mol.